The number of benzene rings is 3. The number of carbonyl (C=O) groups excluding carboxylic acids is 2. The van der Waals surface area contributed by atoms with Crippen LogP contribution in [0.4, 0.5) is 0 Å². The maximum Gasteiger partial charge on any atom is 0.220 e. The third kappa shape index (κ3) is 7.83. The Labute approximate surface area is 314 Å². The van der Waals surface area contributed by atoms with Crippen LogP contribution in [-0.2, 0) is 29.1 Å². The number of aryl methyl sites for hydroxylation is 1. The van der Waals surface area contributed by atoms with Crippen molar-refractivity contribution in [3.63, 3.8) is 0 Å². The standard InChI is InChI=1S/C41H43Cl2N5O4/c1-51-36-19-34-24(9-10-25(34)18-28(36)21-45-23-30-13-16-38(50)47-30)17-26-5-3-6-31(39(26)42)32-7-4-8-33(40(32)43)35-14-11-27(41(48-35)52-2)20-44-22-29-12-15-37(49)46-29/h3-8,11,14,17-19,29-30,44-45H,9-10,12-13,15-16,20-23H2,1-2H3,(H,46,49)(H,47,50)/b24-17-/t29-,30-/m0/s1. The number of hydrogen-bond acceptors (Lipinski definition) is 7. The number of carbonyl (C=O) groups is 2. The summed E-state index contributed by atoms with van der Waals surface area (Å²) in [6.07, 6.45) is 6.90. The normalized spacial score (nSPS) is 18.8. The van der Waals surface area contributed by atoms with E-state index in [1.165, 1.54) is 16.7 Å². The van der Waals surface area contributed by atoms with Crippen molar-refractivity contribution in [1.29, 1.82) is 0 Å². The lowest BCUT2D eigenvalue weighted by Gasteiger charge is -2.16. The van der Waals surface area contributed by atoms with Gasteiger partial charge in [-0.3, -0.25) is 9.59 Å². The van der Waals surface area contributed by atoms with E-state index in [9.17, 15) is 9.59 Å². The summed E-state index contributed by atoms with van der Waals surface area (Å²) in [5.41, 5.74) is 9.74. The van der Waals surface area contributed by atoms with E-state index in [2.05, 4.69) is 39.5 Å². The number of ether oxygens (including phenoxy) is 2. The van der Waals surface area contributed by atoms with Gasteiger partial charge in [0.25, 0.3) is 0 Å². The predicted molar refractivity (Wildman–Crippen MR) is 207 cm³/mol. The Bertz CT molecular complexity index is 2030. The first kappa shape index (κ1) is 36.0. The molecule has 4 aromatic rings. The molecule has 2 saturated heterocycles. The Morgan fingerprint density at radius 1 is 0.750 bits per heavy atom. The van der Waals surface area contributed by atoms with Gasteiger partial charge in [0.2, 0.25) is 17.7 Å². The topological polar surface area (TPSA) is 114 Å². The minimum Gasteiger partial charge on any atom is -0.496 e. The summed E-state index contributed by atoms with van der Waals surface area (Å²) in [5, 5.41) is 14.1. The van der Waals surface area contributed by atoms with Gasteiger partial charge in [-0.05, 0) is 66.2 Å². The first-order chi connectivity index (χ1) is 25.3. The molecule has 270 valence electrons. The minimum absolute atomic E-state index is 0.105. The van der Waals surface area contributed by atoms with Crippen molar-refractivity contribution < 1.29 is 19.1 Å². The summed E-state index contributed by atoms with van der Waals surface area (Å²) in [4.78, 5) is 27.9. The predicted octanol–water partition coefficient (Wildman–Crippen LogP) is 6.96. The third-order valence-corrected chi connectivity index (χ3v) is 11.0. The monoisotopic (exact) mass is 739 g/mol. The number of halogens is 2. The van der Waals surface area contributed by atoms with Crippen molar-refractivity contribution in [1.82, 2.24) is 26.3 Å². The van der Waals surface area contributed by atoms with E-state index in [1.807, 2.05) is 48.5 Å². The van der Waals surface area contributed by atoms with Gasteiger partial charge in [0.15, 0.2) is 0 Å². The highest BCUT2D eigenvalue weighted by molar-refractivity contribution is 6.38. The molecule has 0 saturated carbocycles. The van der Waals surface area contributed by atoms with Crippen molar-refractivity contribution in [3.8, 4) is 34.0 Å². The van der Waals surface area contributed by atoms with Crippen LogP contribution in [-0.4, -0.2) is 56.2 Å². The van der Waals surface area contributed by atoms with Crippen LogP contribution in [0.2, 0.25) is 10.0 Å². The Morgan fingerprint density at radius 2 is 1.40 bits per heavy atom. The van der Waals surface area contributed by atoms with E-state index in [-0.39, 0.29) is 23.9 Å². The number of aromatic nitrogens is 1. The molecule has 11 heteroatoms. The van der Waals surface area contributed by atoms with Gasteiger partial charge >= 0.3 is 0 Å². The van der Waals surface area contributed by atoms with E-state index >= 15 is 0 Å². The Kier molecular flexibility index (Phi) is 11.1. The Hall–Kier alpha value is -4.41. The number of nitrogens with one attached hydrogen (secondary N) is 4. The Morgan fingerprint density at radius 3 is 2.06 bits per heavy atom. The fourth-order valence-corrected chi connectivity index (χ4v) is 8.02. The SMILES string of the molecule is COc1cc2c(cc1CNC[C@@H]1CCC(=O)N1)CC/C2=C/c1cccc(-c2cccc(-c3ccc(CNC[C@@H]4CCC(=O)N4)c(OC)n3)c2Cl)c1Cl. The van der Waals surface area contributed by atoms with Crippen molar-refractivity contribution >= 4 is 46.7 Å². The molecular weight excluding hydrogens is 697 g/mol. The van der Waals surface area contributed by atoms with Crippen molar-refractivity contribution in [2.24, 2.45) is 0 Å². The molecule has 2 fully saturated rings. The summed E-state index contributed by atoms with van der Waals surface area (Å²) in [5.74, 6) is 1.59. The highest BCUT2D eigenvalue weighted by Crippen LogP contribution is 2.43. The van der Waals surface area contributed by atoms with Gasteiger partial charge in [-0.15, -0.1) is 0 Å². The summed E-state index contributed by atoms with van der Waals surface area (Å²) in [6.45, 7) is 2.65. The molecular formula is C41H43Cl2N5O4. The van der Waals surface area contributed by atoms with E-state index < -0.39 is 0 Å². The van der Waals surface area contributed by atoms with Crippen molar-refractivity contribution in [2.75, 3.05) is 27.3 Å². The lowest BCUT2D eigenvalue weighted by atomic mass is 9.97. The van der Waals surface area contributed by atoms with Crippen LogP contribution in [0.5, 0.6) is 11.6 Å². The molecule has 2 atom stereocenters. The quantitative estimate of drug-likeness (QED) is 0.117. The zero-order chi connectivity index (χ0) is 36.2. The van der Waals surface area contributed by atoms with Crippen molar-refractivity contribution in [3.05, 3.63) is 98.5 Å². The maximum atomic E-state index is 11.6. The highest BCUT2D eigenvalue weighted by Gasteiger charge is 2.24. The molecule has 9 nitrogen and oxygen atoms in total. The third-order valence-electron chi connectivity index (χ3n) is 10.2. The summed E-state index contributed by atoms with van der Waals surface area (Å²) in [6, 6.07) is 20.6. The van der Waals surface area contributed by atoms with Crippen LogP contribution in [0, 0.1) is 0 Å². The molecule has 2 aliphatic heterocycles. The number of methoxy groups -OCH3 is 2. The molecule has 7 rings (SSSR count). The average Bonchev–Trinajstić information content (AvgIpc) is 3.88. The number of allylic oxidation sites excluding steroid dienone is 1. The first-order valence-electron chi connectivity index (χ1n) is 17.8. The lowest BCUT2D eigenvalue weighted by molar-refractivity contribution is -0.120. The highest BCUT2D eigenvalue weighted by atomic mass is 35.5. The number of fused-ring (bicyclic) bond motifs is 1. The maximum absolute atomic E-state index is 11.6. The molecule has 52 heavy (non-hydrogen) atoms. The zero-order valence-corrected chi connectivity index (χ0v) is 30.9. The van der Waals surface area contributed by atoms with Gasteiger partial charge in [-0.2, -0.15) is 0 Å². The van der Waals surface area contributed by atoms with Crippen LogP contribution >= 0.6 is 23.2 Å². The van der Waals surface area contributed by atoms with Gasteiger partial charge < -0.3 is 30.7 Å². The molecule has 0 radical (unpaired) electrons. The molecule has 0 spiro atoms. The number of nitrogens with zero attached hydrogens (tertiary/aromatic N) is 1. The van der Waals surface area contributed by atoms with Gasteiger partial charge in [0.1, 0.15) is 5.75 Å². The fourth-order valence-electron chi connectivity index (χ4n) is 7.41. The lowest BCUT2D eigenvalue weighted by Crippen LogP contribution is -2.35. The largest absolute Gasteiger partial charge is 0.496 e. The average molecular weight is 741 g/mol. The molecule has 3 aromatic carbocycles. The zero-order valence-electron chi connectivity index (χ0n) is 29.4. The molecule has 2 amide bonds. The van der Waals surface area contributed by atoms with E-state index in [4.69, 9.17) is 37.7 Å². The molecule has 3 aliphatic rings. The minimum atomic E-state index is 0.105. The van der Waals surface area contributed by atoms with Crippen LogP contribution in [0.25, 0.3) is 34.0 Å². The molecule has 4 N–H and O–H groups in total. The number of amides is 2. The smallest absolute Gasteiger partial charge is 0.220 e. The van der Waals surface area contributed by atoms with Crippen molar-refractivity contribution in [2.45, 2.75) is 63.7 Å². The second kappa shape index (κ2) is 16.1. The molecule has 1 aromatic heterocycles. The van der Waals surface area contributed by atoms with Crippen LogP contribution in [0.3, 0.4) is 0 Å². The number of hydrogen-bond donors (Lipinski definition) is 4. The Balaban J connectivity index is 1.09. The molecule has 0 bridgehead atoms. The number of rotatable bonds is 13. The summed E-state index contributed by atoms with van der Waals surface area (Å²) >= 11 is 14.3. The van der Waals surface area contributed by atoms with Gasteiger partial charge in [0, 0.05) is 78.9 Å². The van der Waals surface area contributed by atoms with Crippen LogP contribution in [0.1, 0.15) is 59.9 Å². The second-order valence-corrected chi connectivity index (χ2v) is 14.4. The van der Waals surface area contributed by atoms with Gasteiger partial charge in [-0.1, -0.05) is 71.7 Å². The van der Waals surface area contributed by atoms with E-state index in [0.717, 1.165) is 71.4 Å². The van der Waals surface area contributed by atoms with Crippen LogP contribution in [0.15, 0.2) is 60.7 Å². The van der Waals surface area contributed by atoms with Crippen LogP contribution < -0.4 is 30.7 Å². The molecule has 0 unspecified atom stereocenters. The van der Waals surface area contributed by atoms with Gasteiger partial charge in [-0.25, -0.2) is 4.98 Å². The molecule has 3 heterocycles. The van der Waals surface area contributed by atoms with E-state index in [1.54, 1.807) is 14.2 Å². The van der Waals surface area contributed by atoms with Gasteiger partial charge in [0.05, 0.1) is 30.0 Å². The molecule has 1 aliphatic carbocycles. The second-order valence-electron chi connectivity index (χ2n) is 13.6. The fraction of sp³-hybridized carbons (Fsp3) is 0.341. The number of pyridine rings is 1. The van der Waals surface area contributed by atoms with E-state index in [0.29, 0.717) is 54.1 Å². The summed E-state index contributed by atoms with van der Waals surface area (Å²) in [7, 11) is 3.32. The summed E-state index contributed by atoms with van der Waals surface area (Å²) < 4.78 is 11.5. The first-order valence-corrected chi connectivity index (χ1v) is 18.6.